The van der Waals surface area contributed by atoms with Crippen LogP contribution < -0.4 is 22.5 Å². The van der Waals surface area contributed by atoms with E-state index in [9.17, 15) is 29.1 Å². The number of ether oxygens (including phenoxy) is 1. The fourth-order valence-electron chi connectivity index (χ4n) is 6.07. The van der Waals surface area contributed by atoms with Crippen LogP contribution in [0.25, 0.3) is 16.7 Å². The standard InChI is InChI=1S/C18H14N6O6.C11H19NO2.CH4.ClH/c1-23-10-4-8(2-3-12(10)30-18(23)29)6-20-16(26)9-5-11(17(27)28)24-7-21-13(14(19)25)15(24)22-9;1-14-9(13)11-5-2-10(8-12,3-6-11)4-7-11;;/h2-5,7H,6H2,1H3,(H2,19,25)(H,20,26)(H,27,28);2-8,12H2,1H3;1H4;1H. The first kappa shape index (κ1) is 35.7. The van der Waals surface area contributed by atoms with Crippen molar-refractivity contribution in [2.24, 2.45) is 29.3 Å². The average Bonchev–Trinajstić information content (AvgIpc) is 3.60. The van der Waals surface area contributed by atoms with Crippen LogP contribution in [0.15, 0.2) is 39.8 Å². The first-order valence-electron chi connectivity index (χ1n) is 14.0. The number of carboxylic acids is 1. The fourth-order valence-corrected chi connectivity index (χ4v) is 6.07. The molecule has 0 radical (unpaired) electrons. The molecule has 3 heterocycles. The van der Waals surface area contributed by atoms with E-state index in [4.69, 9.17) is 20.6 Å². The highest BCUT2D eigenvalue weighted by atomic mass is 35.5. The summed E-state index contributed by atoms with van der Waals surface area (Å²) in [7, 11) is 3.06. The Kier molecular flexibility index (Phi) is 10.6. The summed E-state index contributed by atoms with van der Waals surface area (Å²) in [5.74, 6) is -3.41. The number of oxazole rings is 1. The van der Waals surface area contributed by atoms with E-state index in [1.165, 1.54) is 11.7 Å². The van der Waals surface area contributed by atoms with Gasteiger partial charge in [-0.05, 0) is 68.2 Å². The third kappa shape index (κ3) is 6.46. The molecule has 2 amide bonds. The number of nitrogens with two attached hydrogens (primary N) is 2. The predicted molar refractivity (Wildman–Crippen MR) is 169 cm³/mol. The first-order chi connectivity index (χ1) is 20.9. The minimum absolute atomic E-state index is 0. The number of rotatable bonds is 7. The molecular formula is C30H38ClN7O8. The highest BCUT2D eigenvalue weighted by molar-refractivity contribution is 6.00. The van der Waals surface area contributed by atoms with Crippen molar-refractivity contribution in [1.82, 2.24) is 24.3 Å². The number of aryl methyl sites for hydroxylation is 1. The van der Waals surface area contributed by atoms with Crippen molar-refractivity contribution < 1.29 is 33.4 Å². The minimum atomic E-state index is -1.34. The summed E-state index contributed by atoms with van der Waals surface area (Å²) in [6, 6.07) is 6.03. The van der Waals surface area contributed by atoms with Crippen LogP contribution in [0.3, 0.4) is 0 Å². The van der Waals surface area contributed by atoms with Crippen LogP contribution in [0.2, 0.25) is 0 Å². The summed E-state index contributed by atoms with van der Waals surface area (Å²) in [6.45, 7) is 0.857. The number of aromatic nitrogens is 4. The molecule has 7 rings (SSSR count). The highest BCUT2D eigenvalue weighted by Crippen LogP contribution is 2.56. The Balaban J connectivity index is 0.000000304. The topological polar surface area (TPSA) is 227 Å². The van der Waals surface area contributed by atoms with Gasteiger partial charge >= 0.3 is 17.7 Å². The quantitative estimate of drug-likeness (QED) is 0.211. The molecule has 1 aromatic carbocycles. The lowest BCUT2D eigenvalue weighted by Gasteiger charge is -2.51. The fraction of sp³-hybridized carbons (Fsp3) is 0.433. The predicted octanol–water partition coefficient (Wildman–Crippen LogP) is 2.42. The SMILES string of the molecule is C.COC(=O)C12CCC(CN)(CC1)CC2.Cl.Cn1c(=O)oc2ccc(CNC(=O)c3cc(C(=O)O)n4cnc(C(N)=O)c4n3)cc21. The second kappa shape index (κ2) is 13.7. The molecule has 0 spiro atoms. The molecule has 3 aliphatic carbocycles. The molecular weight excluding hydrogens is 622 g/mol. The molecule has 3 aromatic heterocycles. The molecule has 6 N–H and O–H groups in total. The van der Waals surface area contributed by atoms with Gasteiger partial charge in [-0.15, -0.1) is 12.4 Å². The zero-order chi connectivity index (χ0) is 31.8. The number of nitrogens with zero attached hydrogens (tertiary/aromatic N) is 4. The number of amides is 2. The van der Waals surface area contributed by atoms with E-state index in [1.807, 2.05) is 0 Å². The number of carboxylic acid groups (broad SMARTS) is 1. The van der Waals surface area contributed by atoms with Gasteiger partial charge in [0.05, 0.1) is 18.0 Å². The van der Waals surface area contributed by atoms with Crippen LogP contribution in [0.1, 0.15) is 83.0 Å². The number of methoxy groups -OCH3 is 1. The number of nitrogens with one attached hydrogen (secondary N) is 1. The lowest BCUT2D eigenvalue weighted by Crippen LogP contribution is -2.49. The molecule has 4 aromatic rings. The van der Waals surface area contributed by atoms with Crippen LogP contribution in [-0.4, -0.2) is 61.4 Å². The van der Waals surface area contributed by atoms with Gasteiger partial charge in [-0.25, -0.2) is 19.6 Å². The van der Waals surface area contributed by atoms with Gasteiger partial charge in [-0.1, -0.05) is 13.5 Å². The van der Waals surface area contributed by atoms with Crippen molar-refractivity contribution in [1.29, 1.82) is 0 Å². The molecule has 2 bridgehead atoms. The van der Waals surface area contributed by atoms with Gasteiger partial charge in [0.1, 0.15) is 17.7 Å². The van der Waals surface area contributed by atoms with Gasteiger partial charge in [-0.3, -0.25) is 23.4 Å². The van der Waals surface area contributed by atoms with Gasteiger partial charge in [0.25, 0.3) is 11.8 Å². The van der Waals surface area contributed by atoms with Crippen LogP contribution >= 0.6 is 12.4 Å². The smallest absolute Gasteiger partial charge is 0.419 e. The Hall–Kier alpha value is -4.76. The molecule has 16 heteroatoms. The number of hydrogen-bond donors (Lipinski definition) is 4. The van der Waals surface area contributed by atoms with Crippen LogP contribution in [-0.2, 0) is 23.1 Å². The largest absolute Gasteiger partial charge is 0.477 e. The maximum atomic E-state index is 12.6. The zero-order valence-corrected chi connectivity index (χ0v) is 25.5. The molecule has 0 unspecified atom stereocenters. The van der Waals surface area contributed by atoms with E-state index in [2.05, 4.69) is 15.3 Å². The van der Waals surface area contributed by atoms with Gasteiger partial charge < -0.3 is 31.0 Å². The van der Waals surface area contributed by atoms with Crippen molar-refractivity contribution >= 4 is 52.9 Å². The second-order valence-corrected chi connectivity index (χ2v) is 11.4. The molecule has 3 aliphatic rings. The number of halogens is 1. The highest BCUT2D eigenvalue weighted by Gasteiger charge is 2.52. The number of fused-ring (bicyclic) bond motifs is 5. The Morgan fingerprint density at radius 1 is 1.11 bits per heavy atom. The number of benzene rings is 1. The van der Waals surface area contributed by atoms with Crippen molar-refractivity contribution in [3.05, 3.63) is 63.8 Å². The summed E-state index contributed by atoms with van der Waals surface area (Å²) >= 11 is 0. The first-order valence-corrected chi connectivity index (χ1v) is 14.0. The van der Waals surface area contributed by atoms with Gasteiger partial charge in [0.15, 0.2) is 16.9 Å². The van der Waals surface area contributed by atoms with Crippen molar-refractivity contribution in [2.75, 3.05) is 13.7 Å². The molecule has 248 valence electrons. The molecule has 15 nitrogen and oxygen atoms in total. The van der Waals surface area contributed by atoms with E-state index >= 15 is 0 Å². The molecule has 0 atom stereocenters. The van der Waals surface area contributed by atoms with Crippen molar-refractivity contribution in [3.8, 4) is 0 Å². The second-order valence-electron chi connectivity index (χ2n) is 11.4. The van der Waals surface area contributed by atoms with E-state index in [0.29, 0.717) is 22.1 Å². The third-order valence-electron chi connectivity index (χ3n) is 8.95. The summed E-state index contributed by atoms with van der Waals surface area (Å²) in [5.41, 5.74) is 12.0. The monoisotopic (exact) mass is 659 g/mol. The maximum absolute atomic E-state index is 12.6. The van der Waals surface area contributed by atoms with E-state index in [-0.39, 0.29) is 60.5 Å². The van der Waals surface area contributed by atoms with Crippen LogP contribution in [0.5, 0.6) is 0 Å². The van der Waals surface area contributed by atoms with Crippen LogP contribution in [0, 0.1) is 10.8 Å². The summed E-state index contributed by atoms with van der Waals surface area (Å²) < 4.78 is 12.4. The number of imidazole rings is 1. The minimum Gasteiger partial charge on any atom is -0.477 e. The summed E-state index contributed by atoms with van der Waals surface area (Å²) in [5, 5.41) is 12.0. The lowest BCUT2D eigenvalue weighted by molar-refractivity contribution is -0.162. The molecule has 0 aliphatic heterocycles. The Morgan fingerprint density at radius 2 is 1.76 bits per heavy atom. The van der Waals surface area contributed by atoms with Gasteiger partial charge in [0.2, 0.25) is 0 Å². The molecule has 0 saturated heterocycles. The maximum Gasteiger partial charge on any atom is 0.419 e. The van der Waals surface area contributed by atoms with Gasteiger partial charge in [-0.2, -0.15) is 0 Å². The summed E-state index contributed by atoms with van der Waals surface area (Å²) in [4.78, 5) is 66.7. The Labute approximate surface area is 269 Å². The van der Waals surface area contributed by atoms with Crippen LogP contribution in [0.4, 0.5) is 0 Å². The van der Waals surface area contributed by atoms with Gasteiger partial charge in [0, 0.05) is 19.7 Å². The molecule has 46 heavy (non-hydrogen) atoms. The lowest BCUT2D eigenvalue weighted by atomic mass is 9.54. The van der Waals surface area contributed by atoms with Crippen molar-refractivity contribution in [2.45, 2.75) is 52.5 Å². The summed E-state index contributed by atoms with van der Waals surface area (Å²) in [6.07, 6.45) is 7.37. The Morgan fingerprint density at radius 3 is 2.33 bits per heavy atom. The number of esters is 1. The van der Waals surface area contributed by atoms with E-state index < -0.39 is 23.5 Å². The normalized spacial score (nSPS) is 19.7. The number of primary amides is 1. The number of carbonyl (C=O) groups excluding carboxylic acids is 3. The van der Waals surface area contributed by atoms with Crippen molar-refractivity contribution in [3.63, 3.8) is 0 Å². The zero-order valence-electron chi connectivity index (χ0n) is 24.7. The number of carbonyl (C=O) groups is 4. The molecule has 3 fully saturated rings. The van der Waals surface area contributed by atoms with E-state index in [0.717, 1.165) is 61.9 Å². The Bertz CT molecular complexity index is 1840. The average molecular weight is 660 g/mol. The molecule has 3 saturated carbocycles. The van der Waals surface area contributed by atoms with E-state index in [1.54, 1.807) is 25.2 Å². The third-order valence-corrected chi connectivity index (χ3v) is 8.95. The number of aromatic carboxylic acids is 1. The number of hydrogen-bond acceptors (Lipinski definition) is 10.